The van der Waals surface area contributed by atoms with E-state index in [1.807, 2.05) is 48.5 Å². The lowest BCUT2D eigenvalue weighted by molar-refractivity contribution is 0.0457. The highest BCUT2D eigenvalue weighted by Gasteiger charge is 2.11. The summed E-state index contributed by atoms with van der Waals surface area (Å²) in [5, 5.41) is 1.40. The van der Waals surface area contributed by atoms with Crippen molar-refractivity contribution in [1.82, 2.24) is 0 Å². The first-order chi connectivity index (χ1) is 9.20. The number of benzene rings is 2. The van der Waals surface area contributed by atoms with E-state index in [-0.39, 0.29) is 6.10 Å². The third kappa shape index (κ3) is 3.95. The highest BCUT2D eigenvalue weighted by atomic mass is 35.5. The molecule has 2 aromatic rings. The number of rotatable bonds is 5. The molecule has 19 heavy (non-hydrogen) atoms. The van der Waals surface area contributed by atoms with E-state index in [9.17, 15) is 0 Å². The van der Waals surface area contributed by atoms with E-state index in [0.717, 1.165) is 11.1 Å². The summed E-state index contributed by atoms with van der Waals surface area (Å²) >= 11 is 12.0. The predicted octanol–water partition coefficient (Wildman–Crippen LogP) is 4.21. The molecule has 0 heterocycles. The van der Waals surface area contributed by atoms with Crippen LogP contribution in [0.3, 0.4) is 0 Å². The molecule has 0 spiro atoms. The minimum atomic E-state index is -0.159. The van der Waals surface area contributed by atoms with Crippen molar-refractivity contribution < 1.29 is 4.74 Å². The minimum Gasteiger partial charge on any atom is -0.367 e. The maximum Gasteiger partial charge on any atom is 0.0951 e. The third-order valence-electron chi connectivity index (χ3n) is 2.85. The third-order valence-corrected chi connectivity index (χ3v) is 3.47. The summed E-state index contributed by atoms with van der Waals surface area (Å²) in [4.78, 5) is 0. The fraction of sp³-hybridized carbons (Fsp3) is 0.200. The zero-order valence-electron chi connectivity index (χ0n) is 10.4. The van der Waals surface area contributed by atoms with Gasteiger partial charge in [-0.3, -0.25) is 0 Å². The number of nitrogens with two attached hydrogens (primary N) is 1. The Morgan fingerprint density at radius 3 is 2.32 bits per heavy atom. The molecule has 4 heteroatoms. The van der Waals surface area contributed by atoms with Crippen molar-refractivity contribution in [1.29, 1.82) is 0 Å². The first-order valence-corrected chi connectivity index (χ1v) is 6.77. The van der Waals surface area contributed by atoms with Crippen LogP contribution in [0.2, 0.25) is 10.0 Å². The second-order valence-corrected chi connectivity index (χ2v) is 5.02. The largest absolute Gasteiger partial charge is 0.367 e. The molecule has 0 amide bonds. The lowest BCUT2D eigenvalue weighted by atomic mass is 10.1. The van der Waals surface area contributed by atoms with Crippen LogP contribution in [0.4, 0.5) is 0 Å². The second kappa shape index (κ2) is 6.92. The second-order valence-electron chi connectivity index (χ2n) is 4.18. The zero-order valence-corrected chi connectivity index (χ0v) is 11.9. The average molecular weight is 296 g/mol. The standard InChI is InChI=1S/C15H15Cl2NO/c16-13-7-5-11(6-8-13)15(9-18)19-10-12-3-1-2-4-14(12)17/h1-8,15H,9-10,18H2. The summed E-state index contributed by atoms with van der Waals surface area (Å²) in [6, 6.07) is 15.1. The molecule has 100 valence electrons. The summed E-state index contributed by atoms with van der Waals surface area (Å²) < 4.78 is 5.83. The molecule has 2 nitrogen and oxygen atoms in total. The summed E-state index contributed by atoms with van der Waals surface area (Å²) in [5.74, 6) is 0. The summed E-state index contributed by atoms with van der Waals surface area (Å²) in [7, 11) is 0. The molecular weight excluding hydrogens is 281 g/mol. The van der Waals surface area contributed by atoms with Gasteiger partial charge in [0.1, 0.15) is 0 Å². The van der Waals surface area contributed by atoms with Crippen molar-refractivity contribution >= 4 is 23.2 Å². The number of hydrogen-bond donors (Lipinski definition) is 1. The van der Waals surface area contributed by atoms with Gasteiger partial charge in [-0.25, -0.2) is 0 Å². The molecule has 0 radical (unpaired) electrons. The highest BCUT2D eigenvalue weighted by molar-refractivity contribution is 6.31. The van der Waals surface area contributed by atoms with E-state index in [1.54, 1.807) is 0 Å². The predicted molar refractivity (Wildman–Crippen MR) is 79.5 cm³/mol. The van der Waals surface area contributed by atoms with Gasteiger partial charge in [0.15, 0.2) is 0 Å². The Morgan fingerprint density at radius 1 is 1.00 bits per heavy atom. The van der Waals surface area contributed by atoms with Crippen molar-refractivity contribution in [3.63, 3.8) is 0 Å². The lowest BCUT2D eigenvalue weighted by Crippen LogP contribution is -2.15. The topological polar surface area (TPSA) is 35.2 Å². The molecule has 2 rings (SSSR count). The Labute approximate surface area is 123 Å². The Hall–Kier alpha value is -1.06. The Morgan fingerprint density at radius 2 is 1.68 bits per heavy atom. The summed E-state index contributed by atoms with van der Waals surface area (Å²) in [5.41, 5.74) is 7.72. The van der Waals surface area contributed by atoms with Crippen LogP contribution in [0, 0.1) is 0 Å². The van der Waals surface area contributed by atoms with Gasteiger partial charge in [-0.2, -0.15) is 0 Å². The number of hydrogen-bond acceptors (Lipinski definition) is 2. The van der Waals surface area contributed by atoms with E-state index in [2.05, 4.69) is 0 Å². The van der Waals surface area contributed by atoms with E-state index >= 15 is 0 Å². The van der Waals surface area contributed by atoms with Gasteiger partial charge in [0.2, 0.25) is 0 Å². The molecule has 0 aromatic heterocycles. The van der Waals surface area contributed by atoms with Gasteiger partial charge in [-0.1, -0.05) is 53.5 Å². The highest BCUT2D eigenvalue weighted by Crippen LogP contribution is 2.22. The van der Waals surface area contributed by atoms with E-state index in [1.165, 1.54) is 0 Å². The van der Waals surface area contributed by atoms with E-state index in [0.29, 0.717) is 23.2 Å². The van der Waals surface area contributed by atoms with Crippen LogP contribution >= 0.6 is 23.2 Å². The molecule has 1 atom stereocenters. The fourth-order valence-electron chi connectivity index (χ4n) is 1.78. The summed E-state index contributed by atoms with van der Waals surface area (Å²) in [6.45, 7) is 0.844. The lowest BCUT2D eigenvalue weighted by Gasteiger charge is -2.17. The van der Waals surface area contributed by atoms with Crippen LogP contribution < -0.4 is 5.73 Å². The van der Waals surface area contributed by atoms with Crippen molar-refractivity contribution in [3.05, 3.63) is 69.7 Å². The van der Waals surface area contributed by atoms with Crippen molar-refractivity contribution in [2.24, 2.45) is 5.73 Å². The molecule has 2 aromatic carbocycles. The van der Waals surface area contributed by atoms with Crippen LogP contribution in [-0.2, 0) is 11.3 Å². The van der Waals surface area contributed by atoms with Crippen LogP contribution in [0.15, 0.2) is 48.5 Å². The van der Waals surface area contributed by atoms with Gasteiger partial charge in [0, 0.05) is 16.6 Å². The normalized spacial score (nSPS) is 12.4. The van der Waals surface area contributed by atoms with E-state index in [4.69, 9.17) is 33.7 Å². The number of halogens is 2. The first kappa shape index (κ1) is 14.4. The van der Waals surface area contributed by atoms with E-state index < -0.39 is 0 Å². The van der Waals surface area contributed by atoms with Crippen molar-refractivity contribution in [3.8, 4) is 0 Å². The smallest absolute Gasteiger partial charge is 0.0951 e. The maximum absolute atomic E-state index is 6.09. The van der Waals surface area contributed by atoms with Gasteiger partial charge in [0.05, 0.1) is 12.7 Å². The molecule has 0 aliphatic heterocycles. The van der Waals surface area contributed by atoms with Crippen molar-refractivity contribution in [2.45, 2.75) is 12.7 Å². The molecule has 0 saturated heterocycles. The van der Waals surface area contributed by atoms with Gasteiger partial charge in [0.25, 0.3) is 0 Å². The molecule has 2 N–H and O–H groups in total. The van der Waals surface area contributed by atoms with Crippen molar-refractivity contribution in [2.75, 3.05) is 6.54 Å². The quantitative estimate of drug-likeness (QED) is 0.897. The molecular formula is C15H15Cl2NO. The maximum atomic E-state index is 6.09. The van der Waals surface area contributed by atoms with Gasteiger partial charge < -0.3 is 10.5 Å². The average Bonchev–Trinajstić information content (AvgIpc) is 2.43. The SMILES string of the molecule is NCC(OCc1ccccc1Cl)c1ccc(Cl)cc1. The first-order valence-electron chi connectivity index (χ1n) is 6.01. The monoisotopic (exact) mass is 295 g/mol. The van der Waals surface area contributed by atoms with Crippen LogP contribution in [-0.4, -0.2) is 6.54 Å². The minimum absolute atomic E-state index is 0.159. The molecule has 0 aliphatic carbocycles. The van der Waals surface area contributed by atoms with Gasteiger partial charge >= 0.3 is 0 Å². The molecule has 0 fully saturated rings. The Bertz CT molecular complexity index is 528. The van der Waals surface area contributed by atoms with Crippen LogP contribution in [0.1, 0.15) is 17.2 Å². The molecule has 0 aliphatic rings. The molecule has 1 unspecified atom stereocenters. The Balaban J connectivity index is 2.04. The fourth-order valence-corrected chi connectivity index (χ4v) is 2.10. The Kier molecular flexibility index (Phi) is 5.23. The molecule has 0 saturated carbocycles. The van der Waals surface area contributed by atoms with Gasteiger partial charge in [-0.15, -0.1) is 0 Å². The molecule has 0 bridgehead atoms. The van der Waals surface area contributed by atoms with Crippen LogP contribution in [0.5, 0.6) is 0 Å². The van der Waals surface area contributed by atoms with Gasteiger partial charge in [-0.05, 0) is 29.3 Å². The number of ether oxygens (including phenoxy) is 1. The van der Waals surface area contributed by atoms with Crippen LogP contribution in [0.25, 0.3) is 0 Å². The zero-order chi connectivity index (χ0) is 13.7. The summed E-state index contributed by atoms with van der Waals surface area (Å²) in [6.07, 6.45) is -0.159.